The van der Waals surface area contributed by atoms with Crippen LogP contribution in [-0.4, -0.2) is 68.7 Å². The van der Waals surface area contributed by atoms with E-state index in [-0.39, 0.29) is 11.9 Å². The van der Waals surface area contributed by atoms with Crippen LogP contribution < -0.4 is 14.8 Å². The van der Waals surface area contributed by atoms with Crippen molar-refractivity contribution in [3.05, 3.63) is 23.8 Å². The molecular formula is C21H31N3O3. The molecule has 3 heterocycles. The Bertz CT molecular complexity index is 687. The number of nitrogens with one attached hydrogen (secondary N) is 1. The van der Waals surface area contributed by atoms with Crippen molar-refractivity contribution < 1.29 is 14.3 Å². The maximum atomic E-state index is 13.5. The Morgan fingerprint density at radius 2 is 2.15 bits per heavy atom. The van der Waals surface area contributed by atoms with Gasteiger partial charge in [0.15, 0.2) is 11.5 Å². The lowest BCUT2D eigenvalue weighted by Crippen LogP contribution is -2.45. The second kappa shape index (κ2) is 7.68. The van der Waals surface area contributed by atoms with Crippen LogP contribution in [0.4, 0.5) is 0 Å². The molecule has 0 radical (unpaired) electrons. The Morgan fingerprint density at radius 1 is 1.33 bits per heavy atom. The number of piperidine rings is 1. The maximum absolute atomic E-state index is 13.5. The van der Waals surface area contributed by atoms with Gasteiger partial charge in [0.1, 0.15) is 0 Å². The van der Waals surface area contributed by atoms with Gasteiger partial charge in [-0.25, -0.2) is 0 Å². The van der Waals surface area contributed by atoms with Gasteiger partial charge in [0.2, 0.25) is 5.91 Å². The molecule has 1 unspecified atom stereocenters. The Labute approximate surface area is 161 Å². The van der Waals surface area contributed by atoms with Gasteiger partial charge in [0.05, 0.1) is 19.8 Å². The van der Waals surface area contributed by atoms with Crippen LogP contribution in [0.15, 0.2) is 18.2 Å². The van der Waals surface area contributed by atoms with E-state index in [2.05, 4.69) is 17.3 Å². The van der Waals surface area contributed by atoms with Gasteiger partial charge in [-0.2, -0.15) is 0 Å². The van der Waals surface area contributed by atoms with Crippen molar-refractivity contribution in [3.63, 3.8) is 0 Å². The molecule has 0 aliphatic carbocycles. The van der Waals surface area contributed by atoms with Crippen LogP contribution in [0.25, 0.3) is 0 Å². The SMILES string of the molecule is COc1cccc2c1OCCCN(C(=O)C1CC3(CCNCC3)CN1C)C2. The molecule has 1 aromatic rings. The summed E-state index contributed by atoms with van der Waals surface area (Å²) in [4.78, 5) is 17.8. The highest BCUT2D eigenvalue weighted by molar-refractivity contribution is 5.82. The maximum Gasteiger partial charge on any atom is 0.240 e. The van der Waals surface area contributed by atoms with Gasteiger partial charge >= 0.3 is 0 Å². The van der Waals surface area contributed by atoms with E-state index < -0.39 is 0 Å². The van der Waals surface area contributed by atoms with Crippen molar-refractivity contribution in [1.29, 1.82) is 0 Å². The summed E-state index contributed by atoms with van der Waals surface area (Å²) in [6.07, 6.45) is 4.18. The summed E-state index contributed by atoms with van der Waals surface area (Å²) < 4.78 is 11.4. The highest BCUT2D eigenvalue weighted by Gasteiger charge is 2.46. The number of fused-ring (bicyclic) bond motifs is 1. The Hall–Kier alpha value is -1.79. The second-order valence-corrected chi connectivity index (χ2v) is 8.30. The lowest BCUT2D eigenvalue weighted by atomic mass is 9.77. The molecule has 1 atom stereocenters. The highest BCUT2D eigenvalue weighted by Crippen LogP contribution is 2.42. The number of carbonyl (C=O) groups is 1. The standard InChI is InChI=1S/C21H31N3O3/c1-23-15-21(7-9-22-10-8-21)13-17(23)20(25)24-11-4-12-27-19-16(14-24)5-3-6-18(19)26-2/h3,5-6,17,22H,4,7-15H2,1-2H3. The third-order valence-electron chi connectivity index (χ3n) is 6.46. The van der Waals surface area contributed by atoms with Gasteiger partial charge in [0, 0.05) is 25.2 Å². The van der Waals surface area contributed by atoms with Crippen molar-refractivity contribution in [1.82, 2.24) is 15.1 Å². The molecule has 6 nitrogen and oxygen atoms in total. The van der Waals surface area contributed by atoms with Crippen LogP contribution in [-0.2, 0) is 11.3 Å². The number of rotatable bonds is 2. The van der Waals surface area contributed by atoms with Crippen LogP contribution in [0.1, 0.15) is 31.2 Å². The van der Waals surface area contributed by atoms with Gasteiger partial charge in [-0.05, 0) is 57.3 Å². The molecular weight excluding hydrogens is 342 g/mol. The molecule has 0 aromatic heterocycles. The number of amides is 1. The Morgan fingerprint density at radius 3 is 2.93 bits per heavy atom. The molecule has 2 saturated heterocycles. The first-order valence-electron chi connectivity index (χ1n) is 10.1. The van der Waals surface area contributed by atoms with E-state index in [0.29, 0.717) is 18.6 Å². The second-order valence-electron chi connectivity index (χ2n) is 8.30. The van der Waals surface area contributed by atoms with Crippen LogP contribution in [0, 0.1) is 5.41 Å². The van der Waals surface area contributed by atoms with Crippen LogP contribution >= 0.6 is 0 Å². The first kappa shape index (κ1) is 18.6. The quantitative estimate of drug-likeness (QED) is 0.858. The van der Waals surface area contributed by atoms with Crippen LogP contribution in [0.5, 0.6) is 11.5 Å². The fraction of sp³-hybridized carbons (Fsp3) is 0.667. The first-order valence-corrected chi connectivity index (χ1v) is 10.1. The van der Waals surface area contributed by atoms with Gasteiger partial charge in [-0.1, -0.05) is 12.1 Å². The number of ether oxygens (including phenoxy) is 2. The van der Waals surface area contributed by atoms with Crippen molar-refractivity contribution in [3.8, 4) is 11.5 Å². The van der Waals surface area contributed by atoms with E-state index >= 15 is 0 Å². The van der Waals surface area contributed by atoms with Gasteiger partial charge in [0.25, 0.3) is 0 Å². The smallest absolute Gasteiger partial charge is 0.240 e. The average molecular weight is 373 g/mol. The van der Waals surface area contributed by atoms with Crippen molar-refractivity contribution in [2.45, 2.75) is 38.3 Å². The number of carbonyl (C=O) groups excluding carboxylic acids is 1. The number of para-hydroxylation sites is 1. The summed E-state index contributed by atoms with van der Waals surface area (Å²) in [6, 6.07) is 5.92. The molecule has 1 aromatic carbocycles. The largest absolute Gasteiger partial charge is 0.493 e. The molecule has 1 amide bonds. The molecule has 4 rings (SSSR count). The number of benzene rings is 1. The zero-order chi connectivity index (χ0) is 18.9. The number of likely N-dealkylation sites (tertiary alicyclic amines) is 1. The molecule has 3 aliphatic heterocycles. The average Bonchev–Trinajstić information content (AvgIpc) is 2.97. The molecule has 6 heteroatoms. The number of nitrogens with zero attached hydrogens (tertiary/aromatic N) is 2. The first-order chi connectivity index (χ1) is 13.1. The zero-order valence-electron chi connectivity index (χ0n) is 16.5. The van der Waals surface area contributed by atoms with Gasteiger partial charge in [-0.3, -0.25) is 9.69 Å². The van der Waals surface area contributed by atoms with Gasteiger partial charge < -0.3 is 19.7 Å². The van der Waals surface area contributed by atoms with E-state index in [0.717, 1.165) is 56.1 Å². The minimum absolute atomic E-state index is 0.00231. The molecule has 1 spiro atoms. The number of methoxy groups -OCH3 is 1. The van der Waals surface area contributed by atoms with Crippen LogP contribution in [0.3, 0.4) is 0 Å². The van der Waals surface area contributed by atoms with E-state index in [1.165, 1.54) is 12.8 Å². The Kier molecular flexibility index (Phi) is 5.28. The molecule has 0 saturated carbocycles. The minimum atomic E-state index is -0.00231. The summed E-state index contributed by atoms with van der Waals surface area (Å²) in [6.45, 7) is 5.12. The molecule has 0 bridgehead atoms. The van der Waals surface area contributed by atoms with E-state index in [1.54, 1.807) is 7.11 Å². The summed E-state index contributed by atoms with van der Waals surface area (Å²) in [7, 11) is 3.77. The van der Waals surface area contributed by atoms with Crippen LogP contribution in [0.2, 0.25) is 0 Å². The predicted octanol–water partition coefficient (Wildman–Crippen LogP) is 1.88. The zero-order valence-corrected chi connectivity index (χ0v) is 16.5. The summed E-state index contributed by atoms with van der Waals surface area (Å²) >= 11 is 0. The fourth-order valence-corrected chi connectivity index (χ4v) is 4.99. The lowest BCUT2D eigenvalue weighted by Gasteiger charge is -2.33. The number of likely N-dealkylation sites (N-methyl/N-ethyl adjacent to an activating group) is 1. The molecule has 2 fully saturated rings. The predicted molar refractivity (Wildman–Crippen MR) is 104 cm³/mol. The number of hydrogen-bond acceptors (Lipinski definition) is 5. The van der Waals surface area contributed by atoms with Crippen molar-refractivity contribution in [2.24, 2.45) is 5.41 Å². The molecule has 1 N–H and O–H groups in total. The van der Waals surface area contributed by atoms with Crippen molar-refractivity contribution in [2.75, 3.05) is 46.9 Å². The Balaban J connectivity index is 1.53. The third kappa shape index (κ3) is 3.65. The van der Waals surface area contributed by atoms with E-state index in [9.17, 15) is 4.79 Å². The third-order valence-corrected chi connectivity index (χ3v) is 6.46. The summed E-state index contributed by atoms with van der Waals surface area (Å²) in [5, 5.41) is 3.46. The van der Waals surface area contributed by atoms with Gasteiger partial charge in [-0.15, -0.1) is 0 Å². The normalized spacial score (nSPS) is 25.4. The highest BCUT2D eigenvalue weighted by atomic mass is 16.5. The summed E-state index contributed by atoms with van der Waals surface area (Å²) in [5.74, 6) is 1.80. The molecule has 27 heavy (non-hydrogen) atoms. The number of hydrogen-bond donors (Lipinski definition) is 1. The fourth-order valence-electron chi connectivity index (χ4n) is 4.99. The lowest BCUT2D eigenvalue weighted by molar-refractivity contribution is -0.136. The van der Waals surface area contributed by atoms with Crippen molar-refractivity contribution >= 4 is 5.91 Å². The van der Waals surface area contributed by atoms with E-state index in [1.807, 2.05) is 23.1 Å². The monoisotopic (exact) mass is 373 g/mol. The minimum Gasteiger partial charge on any atom is -0.493 e. The van der Waals surface area contributed by atoms with E-state index in [4.69, 9.17) is 9.47 Å². The molecule has 148 valence electrons. The molecule has 3 aliphatic rings. The summed E-state index contributed by atoms with van der Waals surface area (Å²) in [5.41, 5.74) is 1.34. The topological polar surface area (TPSA) is 54.0 Å².